The minimum Gasteiger partial charge on any atom is -0.492 e. The van der Waals surface area contributed by atoms with E-state index in [4.69, 9.17) is 4.74 Å². The zero-order valence-electron chi connectivity index (χ0n) is 10.5. The molecule has 0 amide bonds. The number of ketones is 1. The van der Waals surface area contributed by atoms with E-state index in [9.17, 15) is 4.79 Å². The Morgan fingerprint density at radius 1 is 1.22 bits per heavy atom. The standard InChI is InChI=1S/C16H18O2/c17-15(14-9-10-4-5-12(14)8-10)13-3-1-2-11-6-7-18-16(11)13/h1-3,10,12,14H,4-9H2. The quantitative estimate of drug-likeness (QED) is 0.744. The van der Waals surface area contributed by atoms with E-state index >= 15 is 0 Å². The van der Waals surface area contributed by atoms with E-state index in [1.165, 1.54) is 24.8 Å². The number of carbonyl (C=O) groups is 1. The van der Waals surface area contributed by atoms with E-state index in [0.717, 1.165) is 36.7 Å². The Morgan fingerprint density at radius 2 is 2.17 bits per heavy atom. The van der Waals surface area contributed by atoms with Crippen molar-refractivity contribution >= 4 is 5.78 Å². The lowest BCUT2D eigenvalue weighted by atomic mass is 9.83. The van der Waals surface area contributed by atoms with Gasteiger partial charge in [0.2, 0.25) is 0 Å². The lowest BCUT2D eigenvalue weighted by Gasteiger charge is -2.21. The van der Waals surface area contributed by atoms with Gasteiger partial charge in [0.25, 0.3) is 0 Å². The van der Waals surface area contributed by atoms with Gasteiger partial charge < -0.3 is 4.74 Å². The Kier molecular flexibility index (Phi) is 2.26. The van der Waals surface area contributed by atoms with Gasteiger partial charge in [0.05, 0.1) is 12.2 Å². The van der Waals surface area contributed by atoms with Crippen molar-refractivity contribution in [3.8, 4) is 5.75 Å². The van der Waals surface area contributed by atoms with Crippen molar-refractivity contribution < 1.29 is 9.53 Å². The number of benzene rings is 1. The van der Waals surface area contributed by atoms with E-state index in [2.05, 4.69) is 6.07 Å². The van der Waals surface area contributed by atoms with Gasteiger partial charge in [0.1, 0.15) is 5.75 Å². The van der Waals surface area contributed by atoms with Gasteiger partial charge in [-0.05, 0) is 42.7 Å². The first kappa shape index (κ1) is 10.6. The average Bonchev–Trinajstić information content (AvgIpc) is 3.12. The lowest BCUT2D eigenvalue weighted by Crippen LogP contribution is -2.21. The van der Waals surface area contributed by atoms with E-state index in [-0.39, 0.29) is 5.92 Å². The Bertz CT molecular complexity index is 506. The number of fused-ring (bicyclic) bond motifs is 3. The van der Waals surface area contributed by atoms with E-state index in [0.29, 0.717) is 11.7 Å². The minimum absolute atomic E-state index is 0.277. The van der Waals surface area contributed by atoms with Crippen LogP contribution in [0.1, 0.15) is 41.6 Å². The van der Waals surface area contributed by atoms with Gasteiger partial charge in [-0.3, -0.25) is 4.79 Å². The molecular formula is C16H18O2. The maximum atomic E-state index is 12.7. The van der Waals surface area contributed by atoms with Crippen molar-refractivity contribution in [1.29, 1.82) is 0 Å². The van der Waals surface area contributed by atoms with Crippen LogP contribution in [0.4, 0.5) is 0 Å². The Hall–Kier alpha value is -1.31. The molecule has 0 saturated heterocycles. The van der Waals surface area contributed by atoms with Crippen LogP contribution in [0.15, 0.2) is 18.2 Å². The van der Waals surface area contributed by atoms with Crippen LogP contribution in [0.5, 0.6) is 5.75 Å². The van der Waals surface area contributed by atoms with Gasteiger partial charge in [-0.1, -0.05) is 18.6 Å². The van der Waals surface area contributed by atoms with Crippen LogP contribution < -0.4 is 4.74 Å². The second-order valence-electron chi connectivity index (χ2n) is 6.04. The second kappa shape index (κ2) is 3.84. The molecule has 4 rings (SSSR count). The molecule has 2 nitrogen and oxygen atoms in total. The molecule has 1 aliphatic heterocycles. The molecule has 0 spiro atoms. The largest absolute Gasteiger partial charge is 0.492 e. The third kappa shape index (κ3) is 1.44. The lowest BCUT2D eigenvalue weighted by molar-refractivity contribution is 0.0871. The van der Waals surface area contributed by atoms with Crippen LogP contribution in [0.3, 0.4) is 0 Å². The van der Waals surface area contributed by atoms with Crippen LogP contribution in [-0.4, -0.2) is 12.4 Å². The van der Waals surface area contributed by atoms with Crippen molar-refractivity contribution in [2.75, 3.05) is 6.61 Å². The first-order valence-corrected chi connectivity index (χ1v) is 7.12. The highest BCUT2D eigenvalue weighted by molar-refractivity contribution is 6.01. The molecule has 3 aliphatic rings. The van der Waals surface area contributed by atoms with Gasteiger partial charge in [0.15, 0.2) is 5.78 Å². The van der Waals surface area contributed by atoms with E-state index in [1.54, 1.807) is 0 Å². The summed E-state index contributed by atoms with van der Waals surface area (Å²) in [6.07, 6.45) is 5.96. The van der Waals surface area contributed by atoms with Crippen molar-refractivity contribution in [1.82, 2.24) is 0 Å². The van der Waals surface area contributed by atoms with Crippen molar-refractivity contribution in [2.45, 2.75) is 32.1 Å². The Balaban J connectivity index is 1.67. The summed E-state index contributed by atoms with van der Waals surface area (Å²) in [6.45, 7) is 0.732. The number of para-hydroxylation sites is 1. The van der Waals surface area contributed by atoms with Crippen molar-refractivity contribution in [2.24, 2.45) is 17.8 Å². The molecule has 1 aromatic rings. The van der Waals surface area contributed by atoms with E-state index in [1.807, 2.05) is 12.1 Å². The van der Waals surface area contributed by atoms with Crippen LogP contribution in [0, 0.1) is 17.8 Å². The molecular weight excluding hydrogens is 224 g/mol. The minimum atomic E-state index is 0.277. The molecule has 94 valence electrons. The molecule has 2 bridgehead atoms. The summed E-state index contributed by atoms with van der Waals surface area (Å²) >= 11 is 0. The number of carbonyl (C=O) groups excluding carboxylic acids is 1. The highest BCUT2D eigenvalue weighted by atomic mass is 16.5. The normalized spacial score (nSPS) is 32.3. The molecule has 3 unspecified atom stereocenters. The smallest absolute Gasteiger partial charge is 0.169 e. The maximum Gasteiger partial charge on any atom is 0.169 e. The van der Waals surface area contributed by atoms with E-state index < -0.39 is 0 Å². The number of hydrogen-bond acceptors (Lipinski definition) is 2. The SMILES string of the molecule is O=C(c1cccc2c1OCC2)C1CC2CCC1C2. The monoisotopic (exact) mass is 242 g/mol. The third-order valence-corrected chi connectivity index (χ3v) is 5.05. The zero-order chi connectivity index (χ0) is 12.1. The molecule has 2 heteroatoms. The summed E-state index contributed by atoms with van der Waals surface area (Å²) in [5.41, 5.74) is 2.06. The molecule has 18 heavy (non-hydrogen) atoms. The summed E-state index contributed by atoms with van der Waals surface area (Å²) in [5.74, 6) is 2.98. The third-order valence-electron chi connectivity index (χ3n) is 5.05. The van der Waals surface area contributed by atoms with Crippen molar-refractivity contribution in [3.05, 3.63) is 29.3 Å². The molecule has 0 N–H and O–H groups in total. The van der Waals surface area contributed by atoms with Gasteiger partial charge in [-0.2, -0.15) is 0 Å². The molecule has 1 heterocycles. The summed E-state index contributed by atoms with van der Waals surface area (Å²) in [6, 6.07) is 6.05. The highest BCUT2D eigenvalue weighted by Crippen LogP contribution is 2.50. The van der Waals surface area contributed by atoms with Crippen molar-refractivity contribution in [3.63, 3.8) is 0 Å². The summed E-state index contributed by atoms with van der Waals surface area (Å²) in [5, 5.41) is 0. The molecule has 2 fully saturated rings. The Labute approximate surface area is 107 Å². The topological polar surface area (TPSA) is 26.3 Å². The van der Waals surface area contributed by atoms with Crippen LogP contribution in [-0.2, 0) is 6.42 Å². The van der Waals surface area contributed by atoms with Crippen LogP contribution in [0.25, 0.3) is 0 Å². The van der Waals surface area contributed by atoms with Crippen LogP contribution in [0.2, 0.25) is 0 Å². The first-order valence-electron chi connectivity index (χ1n) is 7.12. The fourth-order valence-electron chi connectivity index (χ4n) is 4.17. The van der Waals surface area contributed by atoms with Crippen LogP contribution >= 0.6 is 0 Å². The average molecular weight is 242 g/mol. The number of rotatable bonds is 2. The molecule has 0 radical (unpaired) electrons. The molecule has 1 aromatic carbocycles. The molecule has 2 saturated carbocycles. The van der Waals surface area contributed by atoms with Gasteiger partial charge in [-0.15, -0.1) is 0 Å². The zero-order valence-corrected chi connectivity index (χ0v) is 10.5. The molecule has 0 aromatic heterocycles. The van der Waals surface area contributed by atoms with Gasteiger partial charge in [0, 0.05) is 12.3 Å². The summed E-state index contributed by atoms with van der Waals surface area (Å²) in [4.78, 5) is 12.7. The molecule has 3 atom stereocenters. The molecule has 2 aliphatic carbocycles. The Morgan fingerprint density at radius 3 is 2.94 bits per heavy atom. The fourth-order valence-corrected chi connectivity index (χ4v) is 4.17. The number of ether oxygens (including phenoxy) is 1. The second-order valence-corrected chi connectivity index (χ2v) is 6.04. The summed E-state index contributed by atoms with van der Waals surface area (Å²) < 4.78 is 5.67. The van der Waals surface area contributed by atoms with Gasteiger partial charge >= 0.3 is 0 Å². The first-order chi connectivity index (χ1) is 8.83. The predicted octanol–water partition coefficient (Wildman–Crippen LogP) is 3.24. The maximum absolute atomic E-state index is 12.7. The summed E-state index contributed by atoms with van der Waals surface area (Å²) in [7, 11) is 0. The number of Topliss-reactive ketones (excluding diaryl/α,β-unsaturated/α-hetero) is 1. The highest BCUT2D eigenvalue weighted by Gasteiger charge is 2.43. The number of hydrogen-bond donors (Lipinski definition) is 0. The predicted molar refractivity (Wildman–Crippen MR) is 68.9 cm³/mol. The van der Waals surface area contributed by atoms with Gasteiger partial charge in [-0.25, -0.2) is 0 Å². The fraction of sp³-hybridized carbons (Fsp3) is 0.562.